The molecule has 1 aromatic heterocycles. The zero-order valence-electron chi connectivity index (χ0n) is 13.9. The zero-order valence-corrected chi connectivity index (χ0v) is 13.9. The van der Waals surface area contributed by atoms with Crippen molar-refractivity contribution in [3.05, 3.63) is 18.0 Å². The molecule has 5 nitrogen and oxygen atoms in total. The number of rotatable bonds is 2. The van der Waals surface area contributed by atoms with Crippen LogP contribution in [0.2, 0.25) is 0 Å². The molecular formula is C17H27N3O2. The lowest BCUT2D eigenvalue weighted by Crippen LogP contribution is -2.51. The molecular weight excluding hydrogens is 278 g/mol. The summed E-state index contributed by atoms with van der Waals surface area (Å²) in [5, 5.41) is 7.40. The lowest BCUT2D eigenvalue weighted by molar-refractivity contribution is -0.00758. The van der Waals surface area contributed by atoms with Crippen molar-refractivity contribution >= 4 is 6.09 Å². The first-order valence-electron chi connectivity index (χ1n) is 8.44. The lowest BCUT2D eigenvalue weighted by Gasteiger charge is -2.42. The molecule has 0 bridgehead atoms. The van der Waals surface area contributed by atoms with E-state index in [1.807, 2.05) is 37.9 Å². The van der Waals surface area contributed by atoms with Crippen molar-refractivity contribution < 1.29 is 9.53 Å². The van der Waals surface area contributed by atoms with E-state index in [0.717, 1.165) is 25.1 Å². The average Bonchev–Trinajstić information content (AvgIpc) is 3.18. The summed E-state index contributed by atoms with van der Waals surface area (Å²) in [5.74, 6) is 0.491. The van der Waals surface area contributed by atoms with E-state index in [9.17, 15) is 4.79 Å². The maximum absolute atomic E-state index is 12.8. The van der Waals surface area contributed by atoms with E-state index in [0.29, 0.717) is 5.92 Å². The van der Waals surface area contributed by atoms with Gasteiger partial charge in [-0.25, -0.2) is 4.79 Å². The molecule has 0 aromatic carbocycles. The number of nitrogens with zero attached hydrogens (tertiary/aromatic N) is 2. The Balaban J connectivity index is 1.95. The zero-order chi connectivity index (χ0) is 15.8. The van der Waals surface area contributed by atoms with Crippen LogP contribution in [0.5, 0.6) is 0 Å². The van der Waals surface area contributed by atoms with Gasteiger partial charge in [0.2, 0.25) is 0 Å². The van der Waals surface area contributed by atoms with Crippen LogP contribution < -0.4 is 0 Å². The second-order valence-electron chi connectivity index (χ2n) is 7.60. The molecule has 1 unspecified atom stereocenters. The summed E-state index contributed by atoms with van der Waals surface area (Å²) < 4.78 is 5.68. The number of carbonyl (C=O) groups excluding carboxylic acids is 1. The standard InChI is InChI=1S/C17H27N3O2/c1-16(2,3)22-15(21)20-12-6-10-17(20,13-7-4-5-8-13)14-9-11-18-19-14/h9,11,13H,4-8,10,12H2,1-3H3,(H,18,19). The molecule has 5 heteroatoms. The molecule has 1 aliphatic heterocycles. The molecule has 22 heavy (non-hydrogen) atoms. The van der Waals surface area contributed by atoms with Gasteiger partial charge in [0, 0.05) is 12.7 Å². The number of amides is 1. The fourth-order valence-corrected chi connectivity index (χ4v) is 4.22. The number of nitrogens with one attached hydrogen (secondary N) is 1. The number of hydrogen-bond donors (Lipinski definition) is 1. The molecule has 2 aliphatic rings. The number of carbonyl (C=O) groups is 1. The van der Waals surface area contributed by atoms with Gasteiger partial charge in [-0.2, -0.15) is 5.10 Å². The largest absolute Gasteiger partial charge is 0.444 e. The fraction of sp³-hybridized carbons (Fsp3) is 0.765. The van der Waals surface area contributed by atoms with Crippen LogP contribution in [0.3, 0.4) is 0 Å². The molecule has 1 saturated carbocycles. The number of H-pyrrole nitrogens is 1. The maximum atomic E-state index is 12.8. The van der Waals surface area contributed by atoms with E-state index in [4.69, 9.17) is 4.74 Å². The summed E-state index contributed by atoms with van der Waals surface area (Å²) in [6.07, 6.45) is 8.51. The average molecular weight is 305 g/mol. The predicted molar refractivity (Wildman–Crippen MR) is 84.4 cm³/mol. The number of ether oxygens (including phenoxy) is 1. The third kappa shape index (κ3) is 2.61. The Hall–Kier alpha value is -1.52. The van der Waals surface area contributed by atoms with Crippen molar-refractivity contribution in [2.45, 2.75) is 70.4 Å². The van der Waals surface area contributed by atoms with E-state index < -0.39 is 5.60 Å². The minimum absolute atomic E-state index is 0.195. The van der Waals surface area contributed by atoms with Gasteiger partial charge in [0.05, 0.1) is 11.2 Å². The molecule has 0 spiro atoms. The van der Waals surface area contributed by atoms with E-state index in [-0.39, 0.29) is 11.6 Å². The third-order valence-electron chi connectivity index (χ3n) is 5.01. The molecule has 122 valence electrons. The van der Waals surface area contributed by atoms with Crippen LogP contribution in [0.1, 0.15) is 65.0 Å². The summed E-state index contributed by atoms with van der Waals surface area (Å²) in [4.78, 5) is 14.8. The molecule has 1 aromatic rings. The smallest absolute Gasteiger partial charge is 0.411 e. The SMILES string of the molecule is CC(C)(C)OC(=O)N1CCCC1(c1cc[nH]n1)C1CCCC1. The predicted octanol–water partition coefficient (Wildman–Crippen LogP) is 3.83. The van der Waals surface area contributed by atoms with Gasteiger partial charge in [0.1, 0.15) is 5.60 Å². The van der Waals surface area contributed by atoms with Crippen LogP contribution in [0.15, 0.2) is 12.3 Å². The molecule has 2 heterocycles. The van der Waals surface area contributed by atoms with Crippen molar-refractivity contribution in [1.29, 1.82) is 0 Å². The van der Waals surface area contributed by atoms with Gasteiger partial charge in [-0.1, -0.05) is 12.8 Å². The van der Waals surface area contributed by atoms with Crippen LogP contribution in [-0.2, 0) is 10.3 Å². The van der Waals surface area contributed by atoms with E-state index in [1.165, 1.54) is 25.7 Å². The van der Waals surface area contributed by atoms with Crippen molar-refractivity contribution in [2.24, 2.45) is 5.92 Å². The normalized spacial score (nSPS) is 26.6. The maximum Gasteiger partial charge on any atom is 0.411 e. The number of hydrogen-bond acceptors (Lipinski definition) is 3. The molecule has 2 fully saturated rings. The summed E-state index contributed by atoms with van der Waals surface area (Å²) in [5.41, 5.74) is 0.258. The van der Waals surface area contributed by atoms with E-state index in [1.54, 1.807) is 0 Å². The van der Waals surface area contributed by atoms with Crippen molar-refractivity contribution in [3.8, 4) is 0 Å². The molecule has 1 N–H and O–H groups in total. The highest BCUT2D eigenvalue weighted by atomic mass is 16.6. The first kappa shape index (κ1) is 15.4. The molecule has 1 aliphatic carbocycles. The Kier molecular flexibility index (Phi) is 3.91. The van der Waals surface area contributed by atoms with Crippen molar-refractivity contribution in [3.63, 3.8) is 0 Å². The van der Waals surface area contributed by atoms with Crippen LogP contribution in [0, 0.1) is 5.92 Å². The summed E-state index contributed by atoms with van der Waals surface area (Å²) in [6.45, 7) is 6.53. The molecule has 1 atom stereocenters. The van der Waals surface area contributed by atoms with Gasteiger partial charge in [0.15, 0.2) is 0 Å². The topological polar surface area (TPSA) is 58.2 Å². The van der Waals surface area contributed by atoms with Crippen LogP contribution >= 0.6 is 0 Å². The van der Waals surface area contributed by atoms with E-state index >= 15 is 0 Å². The minimum atomic E-state index is -0.466. The molecule has 3 rings (SSSR count). The number of aromatic nitrogens is 2. The van der Waals surface area contributed by atoms with Gasteiger partial charge in [-0.15, -0.1) is 0 Å². The Morgan fingerprint density at radius 1 is 1.36 bits per heavy atom. The van der Waals surface area contributed by atoms with Crippen molar-refractivity contribution in [1.82, 2.24) is 15.1 Å². The van der Waals surface area contributed by atoms with Gasteiger partial charge < -0.3 is 4.74 Å². The fourth-order valence-electron chi connectivity index (χ4n) is 4.22. The third-order valence-corrected chi connectivity index (χ3v) is 5.01. The van der Waals surface area contributed by atoms with Gasteiger partial charge in [-0.3, -0.25) is 10.00 Å². The first-order valence-corrected chi connectivity index (χ1v) is 8.44. The summed E-state index contributed by atoms with van der Waals surface area (Å²) in [6, 6.07) is 2.03. The highest BCUT2D eigenvalue weighted by Crippen LogP contribution is 2.50. The second-order valence-corrected chi connectivity index (χ2v) is 7.60. The Morgan fingerprint density at radius 3 is 2.68 bits per heavy atom. The van der Waals surface area contributed by atoms with Gasteiger partial charge >= 0.3 is 6.09 Å². The molecule has 1 amide bonds. The van der Waals surface area contributed by atoms with Crippen molar-refractivity contribution in [2.75, 3.05) is 6.54 Å². The molecule has 0 radical (unpaired) electrons. The summed E-state index contributed by atoms with van der Waals surface area (Å²) in [7, 11) is 0. The highest BCUT2D eigenvalue weighted by molar-refractivity contribution is 5.70. The van der Waals surface area contributed by atoms with Crippen LogP contribution in [0.4, 0.5) is 4.79 Å². The first-order chi connectivity index (χ1) is 10.4. The summed E-state index contributed by atoms with van der Waals surface area (Å²) >= 11 is 0. The van der Waals surface area contributed by atoms with Gasteiger partial charge in [-0.05, 0) is 58.4 Å². The Morgan fingerprint density at radius 2 is 2.09 bits per heavy atom. The highest BCUT2D eigenvalue weighted by Gasteiger charge is 2.53. The van der Waals surface area contributed by atoms with Gasteiger partial charge in [0.25, 0.3) is 0 Å². The van der Waals surface area contributed by atoms with E-state index in [2.05, 4.69) is 10.2 Å². The number of aromatic amines is 1. The monoisotopic (exact) mass is 305 g/mol. The quantitative estimate of drug-likeness (QED) is 0.903. The second kappa shape index (κ2) is 5.60. The Bertz CT molecular complexity index is 515. The van der Waals surface area contributed by atoms with Crippen LogP contribution in [-0.4, -0.2) is 33.3 Å². The molecule has 1 saturated heterocycles. The number of likely N-dealkylation sites (tertiary alicyclic amines) is 1. The van der Waals surface area contributed by atoms with Crippen LogP contribution in [0.25, 0.3) is 0 Å². The minimum Gasteiger partial charge on any atom is -0.444 e. The lowest BCUT2D eigenvalue weighted by atomic mass is 9.78. The Labute approximate surface area is 132 Å².